The van der Waals surface area contributed by atoms with Gasteiger partial charge in [0, 0.05) is 12.5 Å². The van der Waals surface area contributed by atoms with E-state index in [0.717, 1.165) is 25.7 Å². The van der Waals surface area contributed by atoms with Gasteiger partial charge in [0.1, 0.15) is 6.54 Å². The molecule has 1 saturated carbocycles. The first-order chi connectivity index (χ1) is 7.54. The molecule has 0 aromatic heterocycles. The van der Waals surface area contributed by atoms with Gasteiger partial charge >= 0.3 is 5.97 Å². The molecule has 1 atom stereocenters. The normalized spacial score (nSPS) is 16.9. The first-order valence-electron chi connectivity index (χ1n) is 6.05. The topological polar surface area (TPSA) is 57.6 Å². The van der Waals surface area contributed by atoms with Gasteiger partial charge in [-0.2, -0.15) is 0 Å². The average Bonchev–Trinajstić information content (AvgIpc) is 2.99. The van der Waals surface area contributed by atoms with Gasteiger partial charge in [0.15, 0.2) is 0 Å². The number of hydrogen-bond acceptors (Lipinski definition) is 2. The van der Waals surface area contributed by atoms with Crippen LogP contribution >= 0.6 is 0 Å². The summed E-state index contributed by atoms with van der Waals surface area (Å²) < 4.78 is 0. The summed E-state index contributed by atoms with van der Waals surface area (Å²) in [5, 5.41) is 8.78. The number of hydrogen-bond donors (Lipinski definition) is 1. The van der Waals surface area contributed by atoms with E-state index in [1.807, 2.05) is 13.8 Å². The number of carbonyl (C=O) groups excluding carboxylic acids is 1. The molecule has 0 bridgehead atoms. The van der Waals surface area contributed by atoms with Gasteiger partial charge in [-0.25, -0.2) is 0 Å². The van der Waals surface area contributed by atoms with Crippen LogP contribution in [0.1, 0.15) is 39.5 Å². The maximum atomic E-state index is 12.0. The second-order valence-corrected chi connectivity index (χ2v) is 4.75. The Balaban J connectivity index is 2.51. The molecule has 1 aliphatic rings. The number of nitrogens with zero attached hydrogens (tertiary/aromatic N) is 1. The first-order valence-corrected chi connectivity index (χ1v) is 6.05. The van der Waals surface area contributed by atoms with Crippen LogP contribution in [-0.4, -0.2) is 35.0 Å². The smallest absolute Gasteiger partial charge is 0.323 e. The highest BCUT2D eigenvalue weighted by Gasteiger charge is 2.29. The molecule has 1 amide bonds. The largest absolute Gasteiger partial charge is 0.480 e. The lowest BCUT2D eigenvalue weighted by molar-refractivity contribution is -0.146. The van der Waals surface area contributed by atoms with Gasteiger partial charge in [0.05, 0.1) is 0 Å². The zero-order valence-electron chi connectivity index (χ0n) is 10.1. The zero-order valence-corrected chi connectivity index (χ0v) is 10.1. The minimum atomic E-state index is -0.919. The Hall–Kier alpha value is -1.06. The van der Waals surface area contributed by atoms with E-state index >= 15 is 0 Å². The molecular formula is C12H21NO3. The van der Waals surface area contributed by atoms with E-state index in [1.54, 1.807) is 0 Å². The maximum absolute atomic E-state index is 12.0. The van der Waals surface area contributed by atoms with E-state index < -0.39 is 5.97 Å². The molecule has 1 unspecified atom stereocenters. The van der Waals surface area contributed by atoms with Crippen LogP contribution in [0.5, 0.6) is 0 Å². The Morgan fingerprint density at radius 1 is 1.44 bits per heavy atom. The van der Waals surface area contributed by atoms with Gasteiger partial charge in [-0.15, -0.1) is 0 Å². The summed E-state index contributed by atoms with van der Waals surface area (Å²) in [5.41, 5.74) is 0. The molecule has 1 fully saturated rings. The second-order valence-electron chi connectivity index (χ2n) is 4.75. The minimum Gasteiger partial charge on any atom is -0.480 e. The number of aliphatic carboxylic acids is 1. The van der Waals surface area contributed by atoms with Crippen molar-refractivity contribution >= 4 is 11.9 Å². The van der Waals surface area contributed by atoms with Gasteiger partial charge in [-0.05, 0) is 25.2 Å². The van der Waals surface area contributed by atoms with E-state index in [2.05, 4.69) is 0 Å². The molecule has 0 aromatic carbocycles. The second kappa shape index (κ2) is 5.87. The fourth-order valence-electron chi connectivity index (χ4n) is 1.88. The molecule has 0 aliphatic heterocycles. The Kier molecular flexibility index (Phi) is 4.77. The molecule has 92 valence electrons. The number of rotatable bonds is 7. The van der Waals surface area contributed by atoms with Crippen molar-refractivity contribution in [2.24, 2.45) is 11.8 Å². The van der Waals surface area contributed by atoms with E-state index in [1.165, 1.54) is 4.90 Å². The van der Waals surface area contributed by atoms with Crippen LogP contribution in [0.15, 0.2) is 0 Å². The fourth-order valence-corrected chi connectivity index (χ4v) is 1.88. The summed E-state index contributed by atoms with van der Waals surface area (Å²) in [6, 6.07) is 0. The Morgan fingerprint density at radius 3 is 2.50 bits per heavy atom. The van der Waals surface area contributed by atoms with Gasteiger partial charge < -0.3 is 10.0 Å². The van der Waals surface area contributed by atoms with Gasteiger partial charge in [-0.1, -0.05) is 20.3 Å². The van der Waals surface area contributed by atoms with Gasteiger partial charge in [0.2, 0.25) is 5.91 Å². The van der Waals surface area contributed by atoms with Crippen molar-refractivity contribution in [3.63, 3.8) is 0 Å². The van der Waals surface area contributed by atoms with Crippen LogP contribution in [-0.2, 0) is 9.59 Å². The number of carbonyl (C=O) groups is 2. The highest BCUT2D eigenvalue weighted by molar-refractivity contribution is 5.82. The molecule has 1 rings (SSSR count). The van der Waals surface area contributed by atoms with Crippen LogP contribution < -0.4 is 0 Å². The van der Waals surface area contributed by atoms with E-state index in [-0.39, 0.29) is 18.4 Å². The summed E-state index contributed by atoms with van der Waals surface area (Å²) in [7, 11) is 0. The predicted octanol–water partition coefficient (Wildman–Crippen LogP) is 1.75. The van der Waals surface area contributed by atoms with Crippen molar-refractivity contribution in [3.05, 3.63) is 0 Å². The van der Waals surface area contributed by atoms with Crippen molar-refractivity contribution in [3.8, 4) is 0 Å². The lowest BCUT2D eigenvalue weighted by atomic mass is 10.0. The van der Waals surface area contributed by atoms with E-state index in [9.17, 15) is 9.59 Å². The Labute approximate surface area is 96.6 Å². The highest BCUT2D eigenvalue weighted by atomic mass is 16.4. The molecule has 0 heterocycles. The molecular weight excluding hydrogens is 206 g/mol. The standard InChI is InChI=1S/C12H21NO3/c1-3-4-9(2)12(16)13(8-11(14)15)7-10-5-6-10/h9-10H,3-8H2,1-2H3,(H,14,15). The van der Waals surface area contributed by atoms with Crippen LogP contribution in [0.3, 0.4) is 0 Å². The van der Waals surface area contributed by atoms with Crippen molar-refractivity contribution in [1.82, 2.24) is 4.90 Å². The van der Waals surface area contributed by atoms with Crippen molar-refractivity contribution in [2.45, 2.75) is 39.5 Å². The van der Waals surface area contributed by atoms with Crippen LogP contribution in [0, 0.1) is 11.8 Å². The van der Waals surface area contributed by atoms with Crippen LogP contribution in [0.4, 0.5) is 0 Å². The number of amides is 1. The molecule has 0 radical (unpaired) electrons. The molecule has 0 saturated heterocycles. The average molecular weight is 227 g/mol. The number of carboxylic acid groups (broad SMARTS) is 1. The third kappa shape index (κ3) is 4.21. The molecule has 1 N–H and O–H groups in total. The molecule has 4 heteroatoms. The van der Waals surface area contributed by atoms with Crippen molar-refractivity contribution in [2.75, 3.05) is 13.1 Å². The monoisotopic (exact) mass is 227 g/mol. The maximum Gasteiger partial charge on any atom is 0.323 e. The van der Waals surface area contributed by atoms with Gasteiger partial charge in [-0.3, -0.25) is 9.59 Å². The van der Waals surface area contributed by atoms with Crippen molar-refractivity contribution < 1.29 is 14.7 Å². The van der Waals surface area contributed by atoms with Gasteiger partial charge in [0.25, 0.3) is 0 Å². The molecule has 16 heavy (non-hydrogen) atoms. The fraction of sp³-hybridized carbons (Fsp3) is 0.833. The molecule has 0 aromatic rings. The summed E-state index contributed by atoms with van der Waals surface area (Å²) in [6.45, 7) is 4.39. The SMILES string of the molecule is CCCC(C)C(=O)N(CC(=O)O)CC1CC1. The lowest BCUT2D eigenvalue weighted by Crippen LogP contribution is -2.40. The predicted molar refractivity (Wildman–Crippen MR) is 61.0 cm³/mol. The van der Waals surface area contributed by atoms with Crippen LogP contribution in [0.25, 0.3) is 0 Å². The highest BCUT2D eigenvalue weighted by Crippen LogP contribution is 2.30. The number of carboxylic acids is 1. The van der Waals surface area contributed by atoms with Crippen molar-refractivity contribution in [1.29, 1.82) is 0 Å². The molecule has 1 aliphatic carbocycles. The Morgan fingerprint density at radius 2 is 2.06 bits per heavy atom. The zero-order chi connectivity index (χ0) is 12.1. The lowest BCUT2D eigenvalue weighted by Gasteiger charge is -2.24. The first kappa shape index (κ1) is 13.0. The minimum absolute atomic E-state index is 0.00356. The van der Waals surface area contributed by atoms with Crippen LogP contribution in [0.2, 0.25) is 0 Å². The van der Waals surface area contributed by atoms with E-state index in [4.69, 9.17) is 5.11 Å². The summed E-state index contributed by atoms with van der Waals surface area (Å²) >= 11 is 0. The molecule has 0 spiro atoms. The molecule has 4 nitrogen and oxygen atoms in total. The summed E-state index contributed by atoms with van der Waals surface area (Å²) in [4.78, 5) is 24.2. The quantitative estimate of drug-likeness (QED) is 0.720. The summed E-state index contributed by atoms with van der Waals surface area (Å²) in [6.07, 6.45) is 4.05. The summed E-state index contributed by atoms with van der Waals surface area (Å²) in [5.74, 6) is -0.436. The third-order valence-electron chi connectivity index (χ3n) is 2.96. The Bertz CT molecular complexity index is 261. The van der Waals surface area contributed by atoms with E-state index in [0.29, 0.717) is 12.5 Å². The third-order valence-corrected chi connectivity index (χ3v) is 2.96.